The van der Waals surface area contributed by atoms with Crippen LogP contribution in [0.15, 0.2) is 12.5 Å². The minimum atomic E-state index is 0.343. The molecule has 0 spiro atoms. The molecule has 15 heavy (non-hydrogen) atoms. The van der Waals surface area contributed by atoms with Crippen LogP contribution in [0, 0.1) is 3.57 Å². The van der Waals surface area contributed by atoms with Crippen molar-refractivity contribution in [2.24, 2.45) is 0 Å². The van der Waals surface area contributed by atoms with Crippen molar-refractivity contribution in [1.82, 2.24) is 9.97 Å². The Morgan fingerprint density at radius 1 is 1.60 bits per heavy atom. The standard InChI is InChI=1S/C10H14IN3O/c1-7-4-8(2-3-15-7)14-10-9(11)5-12-6-13-10/h5-8H,2-4H2,1H3,(H,12,13,14). The van der Waals surface area contributed by atoms with Gasteiger partial charge in [0.15, 0.2) is 0 Å². The van der Waals surface area contributed by atoms with Gasteiger partial charge in [-0.1, -0.05) is 0 Å². The molecule has 1 aromatic heterocycles. The first-order valence-corrected chi connectivity index (χ1v) is 6.17. The Bertz CT molecular complexity index is 334. The summed E-state index contributed by atoms with van der Waals surface area (Å²) in [5.41, 5.74) is 0. The lowest BCUT2D eigenvalue weighted by atomic mass is 10.0. The number of ether oxygens (including phenoxy) is 1. The quantitative estimate of drug-likeness (QED) is 0.848. The number of rotatable bonds is 2. The summed E-state index contributed by atoms with van der Waals surface area (Å²) in [7, 11) is 0. The number of hydrogen-bond donors (Lipinski definition) is 1. The van der Waals surface area contributed by atoms with Crippen molar-refractivity contribution in [3.63, 3.8) is 0 Å². The molecule has 2 unspecified atom stereocenters. The highest BCUT2D eigenvalue weighted by Gasteiger charge is 2.19. The van der Waals surface area contributed by atoms with Gasteiger partial charge in [-0.05, 0) is 42.4 Å². The van der Waals surface area contributed by atoms with Crippen molar-refractivity contribution < 1.29 is 4.74 Å². The molecule has 0 aromatic carbocycles. The molecule has 1 aliphatic heterocycles. The Morgan fingerprint density at radius 2 is 2.47 bits per heavy atom. The van der Waals surface area contributed by atoms with Gasteiger partial charge in [-0.15, -0.1) is 0 Å². The SMILES string of the molecule is CC1CC(Nc2ncncc2I)CCO1. The van der Waals surface area contributed by atoms with E-state index in [9.17, 15) is 0 Å². The molecule has 0 aliphatic carbocycles. The van der Waals surface area contributed by atoms with E-state index in [1.54, 1.807) is 6.33 Å². The van der Waals surface area contributed by atoms with E-state index in [-0.39, 0.29) is 0 Å². The lowest BCUT2D eigenvalue weighted by Gasteiger charge is -2.28. The molecule has 1 aliphatic rings. The van der Waals surface area contributed by atoms with Crippen LogP contribution in [-0.4, -0.2) is 28.7 Å². The normalized spacial score (nSPS) is 26.3. The summed E-state index contributed by atoms with van der Waals surface area (Å²) in [4.78, 5) is 8.20. The third-order valence-electron chi connectivity index (χ3n) is 2.49. The van der Waals surface area contributed by atoms with Gasteiger partial charge >= 0.3 is 0 Å². The summed E-state index contributed by atoms with van der Waals surface area (Å²) in [6.45, 7) is 2.94. The van der Waals surface area contributed by atoms with Gasteiger partial charge in [-0.3, -0.25) is 0 Å². The Hall–Kier alpha value is -0.430. The van der Waals surface area contributed by atoms with Crippen molar-refractivity contribution >= 4 is 28.4 Å². The van der Waals surface area contributed by atoms with E-state index in [1.165, 1.54) is 0 Å². The fourth-order valence-electron chi connectivity index (χ4n) is 1.74. The topological polar surface area (TPSA) is 47.0 Å². The Balaban J connectivity index is 1.99. The first kappa shape index (κ1) is 11.1. The van der Waals surface area contributed by atoms with E-state index >= 15 is 0 Å². The number of nitrogens with one attached hydrogen (secondary N) is 1. The molecule has 4 nitrogen and oxygen atoms in total. The fourth-order valence-corrected chi connectivity index (χ4v) is 2.20. The molecule has 1 saturated heterocycles. The largest absolute Gasteiger partial charge is 0.378 e. The first-order chi connectivity index (χ1) is 7.25. The minimum Gasteiger partial charge on any atom is -0.378 e. The van der Waals surface area contributed by atoms with Crippen LogP contribution < -0.4 is 5.32 Å². The van der Waals surface area contributed by atoms with Crippen molar-refractivity contribution in [3.05, 3.63) is 16.1 Å². The predicted octanol–water partition coefficient (Wildman–Crippen LogP) is 2.06. The van der Waals surface area contributed by atoms with Crippen molar-refractivity contribution in [1.29, 1.82) is 0 Å². The molecule has 1 fully saturated rings. The Morgan fingerprint density at radius 3 is 3.20 bits per heavy atom. The number of aromatic nitrogens is 2. The Labute approximate surface area is 103 Å². The molecule has 0 radical (unpaired) electrons. The summed E-state index contributed by atoms with van der Waals surface area (Å²) in [5.74, 6) is 0.935. The number of halogens is 1. The Kier molecular flexibility index (Phi) is 3.74. The highest BCUT2D eigenvalue weighted by atomic mass is 127. The lowest BCUT2D eigenvalue weighted by molar-refractivity contribution is 0.0231. The van der Waals surface area contributed by atoms with Crippen LogP contribution in [-0.2, 0) is 4.74 Å². The minimum absolute atomic E-state index is 0.343. The maximum Gasteiger partial charge on any atom is 0.143 e. The molecule has 0 amide bonds. The molecule has 2 rings (SSSR count). The van der Waals surface area contributed by atoms with Gasteiger partial charge in [0.2, 0.25) is 0 Å². The third kappa shape index (κ3) is 3.01. The van der Waals surface area contributed by atoms with E-state index in [0.717, 1.165) is 28.8 Å². The van der Waals surface area contributed by atoms with Crippen molar-refractivity contribution in [3.8, 4) is 0 Å². The van der Waals surface area contributed by atoms with Crippen molar-refractivity contribution in [2.45, 2.75) is 31.9 Å². The molecule has 1 N–H and O–H groups in total. The van der Waals surface area contributed by atoms with Crippen LogP contribution >= 0.6 is 22.6 Å². The average molecular weight is 319 g/mol. The summed E-state index contributed by atoms with van der Waals surface area (Å²) in [5, 5.41) is 3.44. The van der Waals surface area contributed by atoms with E-state index in [2.05, 4.69) is 44.8 Å². The van der Waals surface area contributed by atoms with E-state index in [0.29, 0.717) is 12.1 Å². The van der Waals surface area contributed by atoms with Gasteiger partial charge in [0.25, 0.3) is 0 Å². The first-order valence-electron chi connectivity index (χ1n) is 5.09. The van der Waals surface area contributed by atoms with Crippen LogP contribution in [0.2, 0.25) is 0 Å². The predicted molar refractivity (Wildman–Crippen MR) is 66.8 cm³/mol. The average Bonchev–Trinajstić information content (AvgIpc) is 2.22. The second-order valence-corrected chi connectivity index (χ2v) is 4.93. The molecule has 0 bridgehead atoms. The van der Waals surface area contributed by atoms with Gasteiger partial charge < -0.3 is 10.1 Å². The number of hydrogen-bond acceptors (Lipinski definition) is 4. The molecule has 0 saturated carbocycles. The van der Waals surface area contributed by atoms with Gasteiger partial charge in [0.1, 0.15) is 12.1 Å². The molecule has 2 atom stereocenters. The summed E-state index contributed by atoms with van der Waals surface area (Å²) in [6, 6.07) is 0.470. The second-order valence-electron chi connectivity index (χ2n) is 3.77. The molecule has 2 heterocycles. The number of anilines is 1. The van der Waals surface area contributed by atoms with E-state index < -0.39 is 0 Å². The molecule has 1 aromatic rings. The highest BCUT2D eigenvalue weighted by molar-refractivity contribution is 14.1. The molecule has 5 heteroatoms. The molecular weight excluding hydrogens is 305 g/mol. The van der Waals surface area contributed by atoms with Gasteiger partial charge in [-0.25, -0.2) is 9.97 Å². The monoisotopic (exact) mass is 319 g/mol. The lowest BCUT2D eigenvalue weighted by Crippen LogP contribution is -2.33. The summed E-state index contributed by atoms with van der Waals surface area (Å²) < 4.78 is 6.57. The molecule has 82 valence electrons. The zero-order chi connectivity index (χ0) is 10.7. The van der Waals surface area contributed by atoms with Crippen LogP contribution in [0.25, 0.3) is 0 Å². The summed E-state index contributed by atoms with van der Waals surface area (Å²) in [6.07, 6.45) is 5.83. The number of nitrogens with zero attached hydrogens (tertiary/aromatic N) is 2. The maximum atomic E-state index is 5.50. The van der Waals surface area contributed by atoms with Crippen LogP contribution in [0.5, 0.6) is 0 Å². The van der Waals surface area contributed by atoms with Gasteiger partial charge in [-0.2, -0.15) is 0 Å². The van der Waals surface area contributed by atoms with Crippen molar-refractivity contribution in [2.75, 3.05) is 11.9 Å². The van der Waals surface area contributed by atoms with Gasteiger partial charge in [0, 0.05) is 18.8 Å². The second kappa shape index (κ2) is 5.07. The highest BCUT2D eigenvalue weighted by Crippen LogP contribution is 2.20. The van der Waals surface area contributed by atoms with E-state index in [4.69, 9.17) is 4.74 Å². The maximum absolute atomic E-state index is 5.50. The summed E-state index contributed by atoms with van der Waals surface area (Å²) >= 11 is 2.24. The van der Waals surface area contributed by atoms with Gasteiger partial charge in [0.05, 0.1) is 9.67 Å². The zero-order valence-corrected chi connectivity index (χ0v) is 10.8. The fraction of sp³-hybridized carbons (Fsp3) is 0.600. The molecular formula is C10H14IN3O. The van der Waals surface area contributed by atoms with Crippen LogP contribution in [0.4, 0.5) is 5.82 Å². The smallest absolute Gasteiger partial charge is 0.143 e. The van der Waals surface area contributed by atoms with Crippen LogP contribution in [0.3, 0.4) is 0 Å². The van der Waals surface area contributed by atoms with E-state index in [1.807, 2.05) is 6.20 Å². The van der Waals surface area contributed by atoms with Crippen LogP contribution in [0.1, 0.15) is 19.8 Å². The third-order valence-corrected chi connectivity index (χ3v) is 3.28. The zero-order valence-electron chi connectivity index (χ0n) is 8.61.